The summed E-state index contributed by atoms with van der Waals surface area (Å²) < 4.78 is 5.61. The molecule has 0 unspecified atom stereocenters. The molecule has 0 heterocycles. The predicted octanol–water partition coefficient (Wildman–Crippen LogP) is 3.31. The van der Waals surface area contributed by atoms with E-state index in [9.17, 15) is 0 Å². The van der Waals surface area contributed by atoms with E-state index >= 15 is 0 Å². The van der Waals surface area contributed by atoms with Crippen molar-refractivity contribution in [1.29, 1.82) is 0 Å². The van der Waals surface area contributed by atoms with Gasteiger partial charge in [-0.15, -0.1) is 0 Å². The van der Waals surface area contributed by atoms with E-state index in [2.05, 4.69) is 37.9 Å². The molecule has 0 radical (unpaired) electrons. The molecule has 0 spiro atoms. The molecule has 0 aromatic heterocycles. The molecule has 0 saturated heterocycles. The standard InChI is InChI=1S/C14H23NO/c1-11(2)15(5)10-13-6-8-14(9-7-13)16-12(3)4/h6-9,11-12H,10H2,1-5H3. The van der Waals surface area contributed by atoms with Gasteiger partial charge in [-0.2, -0.15) is 0 Å². The van der Waals surface area contributed by atoms with Crippen LogP contribution in [0.2, 0.25) is 0 Å². The van der Waals surface area contributed by atoms with Crippen LogP contribution in [0.25, 0.3) is 0 Å². The second-order valence-electron chi connectivity index (χ2n) is 4.82. The molecular weight excluding hydrogens is 198 g/mol. The van der Waals surface area contributed by atoms with E-state index in [4.69, 9.17) is 4.74 Å². The monoisotopic (exact) mass is 221 g/mol. The maximum Gasteiger partial charge on any atom is 0.119 e. The first-order valence-corrected chi connectivity index (χ1v) is 5.95. The van der Waals surface area contributed by atoms with Crippen molar-refractivity contribution in [2.45, 2.75) is 46.4 Å². The third kappa shape index (κ3) is 4.23. The topological polar surface area (TPSA) is 12.5 Å². The number of rotatable bonds is 5. The number of hydrogen-bond acceptors (Lipinski definition) is 2. The summed E-state index contributed by atoms with van der Waals surface area (Å²) in [7, 11) is 2.14. The van der Waals surface area contributed by atoms with E-state index in [1.165, 1.54) is 5.56 Å². The normalized spacial score (nSPS) is 11.5. The summed E-state index contributed by atoms with van der Waals surface area (Å²) >= 11 is 0. The van der Waals surface area contributed by atoms with Crippen molar-refractivity contribution in [3.8, 4) is 5.75 Å². The summed E-state index contributed by atoms with van der Waals surface area (Å²) in [5.74, 6) is 0.950. The highest BCUT2D eigenvalue weighted by atomic mass is 16.5. The lowest BCUT2D eigenvalue weighted by atomic mass is 10.2. The van der Waals surface area contributed by atoms with Crippen LogP contribution in [0.4, 0.5) is 0 Å². The lowest BCUT2D eigenvalue weighted by Crippen LogP contribution is -2.25. The van der Waals surface area contributed by atoms with Crippen molar-refractivity contribution in [3.05, 3.63) is 29.8 Å². The Balaban J connectivity index is 2.57. The summed E-state index contributed by atoms with van der Waals surface area (Å²) in [4.78, 5) is 2.32. The fraction of sp³-hybridized carbons (Fsp3) is 0.571. The minimum absolute atomic E-state index is 0.240. The molecule has 0 bridgehead atoms. The quantitative estimate of drug-likeness (QED) is 0.756. The Morgan fingerprint density at radius 3 is 2.06 bits per heavy atom. The van der Waals surface area contributed by atoms with Crippen LogP contribution in [0.5, 0.6) is 5.75 Å². The van der Waals surface area contributed by atoms with Gasteiger partial charge in [-0.1, -0.05) is 12.1 Å². The summed E-state index contributed by atoms with van der Waals surface area (Å²) in [6.07, 6.45) is 0.240. The van der Waals surface area contributed by atoms with Gasteiger partial charge in [0.1, 0.15) is 5.75 Å². The first-order valence-electron chi connectivity index (χ1n) is 5.95. The van der Waals surface area contributed by atoms with Crippen molar-refractivity contribution in [2.24, 2.45) is 0 Å². The lowest BCUT2D eigenvalue weighted by molar-refractivity contribution is 0.242. The molecule has 0 atom stereocenters. The summed E-state index contributed by atoms with van der Waals surface area (Å²) in [6, 6.07) is 8.94. The van der Waals surface area contributed by atoms with E-state index in [0.29, 0.717) is 6.04 Å². The summed E-state index contributed by atoms with van der Waals surface area (Å²) in [5, 5.41) is 0. The van der Waals surface area contributed by atoms with E-state index < -0.39 is 0 Å². The Morgan fingerprint density at radius 2 is 1.62 bits per heavy atom. The summed E-state index contributed by atoms with van der Waals surface area (Å²) in [6.45, 7) is 9.48. The van der Waals surface area contributed by atoms with Crippen molar-refractivity contribution in [1.82, 2.24) is 4.90 Å². The van der Waals surface area contributed by atoms with E-state index in [1.54, 1.807) is 0 Å². The SMILES string of the molecule is CC(C)Oc1ccc(CN(C)C(C)C)cc1. The minimum atomic E-state index is 0.240. The van der Waals surface area contributed by atoms with Gasteiger partial charge in [0.15, 0.2) is 0 Å². The van der Waals surface area contributed by atoms with Gasteiger partial charge in [-0.05, 0) is 52.4 Å². The average molecular weight is 221 g/mol. The van der Waals surface area contributed by atoms with E-state index in [0.717, 1.165) is 12.3 Å². The molecule has 1 aromatic rings. The van der Waals surface area contributed by atoms with Crippen molar-refractivity contribution < 1.29 is 4.74 Å². The van der Waals surface area contributed by atoms with Crippen molar-refractivity contribution in [2.75, 3.05) is 7.05 Å². The Bertz CT molecular complexity index is 303. The first kappa shape index (κ1) is 13.0. The zero-order valence-corrected chi connectivity index (χ0v) is 11.0. The third-order valence-corrected chi connectivity index (χ3v) is 2.61. The Kier molecular flexibility index (Phi) is 4.81. The molecule has 0 aliphatic rings. The Labute approximate surface area is 99.2 Å². The molecule has 2 nitrogen and oxygen atoms in total. The Hall–Kier alpha value is -1.02. The maximum atomic E-state index is 5.61. The number of ether oxygens (including phenoxy) is 1. The lowest BCUT2D eigenvalue weighted by Gasteiger charge is -2.21. The van der Waals surface area contributed by atoms with Gasteiger partial charge in [-0.25, -0.2) is 0 Å². The maximum absolute atomic E-state index is 5.61. The van der Waals surface area contributed by atoms with E-state index in [1.807, 2.05) is 26.0 Å². The largest absolute Gasteiger partial charge is 0.491 e. The highest BCUT2D eigenvalue weighted by molar-refractivity contribution is 5.27. The van der Waals surface area contributed by atoms with Crippen molar-refractivity contribution >= 4 is 0 Å². The van der Waals surface area contributed by atoms with Crippen LogP contribution in [-0.2, 0) is 6.54 Å². The van der Waals surface area contributed by atoms with E-state index in [-0.39, 0.29) is 6.10 Å². The number of benzene rings is 1. The van der Waals surface area contributed by atoms with Crippen LogP contribution in [0.3, 0.4) is 0 Å². The van der Waals surface area contributed by atoms with Crippen LogP contribution in [0.1, 0.15) is 33.3 Å². The fourth-order valence-corrected chi connectivity index (χ4v) is 1.42. The molecule has 0 fully saturated rings. The molecule has 1 aromatic carbocycles. The van der Waals surface area contributed by atoms with Gasteiger partial charge < -0.3 is 4.74 Å². The van der Waals surface area contributed by atoms with Gasteiger partial charge in [0.05, 0.1) is 6.10 Å². The second-order valence-corrected chi connectivity index (χ2v) is 4.82. The van der Waals surface area contributed by atoms with Crippen molar-refractivity contribution in [3.63, 3.8) is 0 Å². The third-order valence-electron chi connectivity index (χ3n) is 2.61. The molecule has 16 heavy (non-hydrogen) atoms. The van der Waals surface area contributed by atoms with Crippen LogP contribution in [0, 0.1) is 0 Å². The average Bonchev–Trinajstić information content (AvgIpc) is 2.20. The fourth-order valence-electron chi connectivity index (χ4n) is 1.42. The molecule has 1 rings (SSSR count). The highest BCUT2D eigenvalue weighted by Gasteiger charge is 2.04. The minimum Gasteiger partial charge on any atom is -0.491 e. The zero-order chi connectivity index (χ0) is 12.1. The van der Waals surface area contributed by atoms with Gasteiger partial charge >= 0.3 is 0 Å². The number of nitrogens with zero attached hydrogens (tertiary/aromatic N) is 1. The Morgan fingerprint density at radius 1 is 1.06 bits per heavy atom. The van der Waals surface area contributed by atoms with Gasteiger partial charge in [0.2, 0.25) is 0 Å². The molecule has 0 aliphatic carbocycles. The van der Waals surface area contributed by atoms with Crippen LogP contribution in [-0.4, -0.2) is 24.1 Å². The van der Waals surface area contributed by atoms with Gasteiger partial charge in [-0.3, -0.25) is 4.90 Å². The molecule has 0 amide bonds. The molecular formula is C14H23NO. The smallest absolute Gasteiger partial charge is 0.119 e. The van der Waals surface area contributed by atoms with Gasteiger partial charge in [0.25, 0.3) is 0 Å². The predicted molar refractivity (Wildman–Crippen MR) is 68.8 cm³/mol. The molecule has 90 valence electrons. The summed E-state index contributed by atoms with van der Waals surface area (Å²) in [5.41, 5.74) is 1.33. The molecule has 0 aliphatic heterocycles. The van der Waals surface area contributed by atoms with Crippen LogP contribution >= 0.6 is 0 Å². The second kappa shape index (κ2) is 5.90. The van der Waals surface area contributed by atoms with Gasteiger partial charge in [0, 0.05) is 12.6 Å². The zero-order valence-electron chi connectivity index (χ0n) is 11.0. The highest BCUT2D eigenvalue weighted by Crippen LogP contribution is 2.15. The molecule has 0 N–H and O–H groups in total. The number of hydrogen-bond donors (Lipinski definition) is 0. The van der Waals surface area contributed by atoms with Crippen LogP contribution in [0.15, 0.2) is 24.3 Å². The first-order chi connectivity index (χ1) is 7.49. The molecule has 0 saturated carbocycles. The van der Waals surface area contributed by atoms with Crippen LogP contribution < -0.4 is 4.74 Å². The molecule has 2 heteroatoms.